The van der Waals surface area contributed by atoms with Crippen molar-refractivity contribution in [1.82, 2.24) is 9.80 Å². The van der Waals surface area contributed by atoms with Gasteiger partial charge >= 0.3 is 0 Å². The first-order valence-corrected chi connectivity index (χ1v) is 6.42. The van der Waals surface area contributed by atoms with Crippen LogP contribution in [0.3, 0.4) is 0 Å². The van der Waals surface area contributed by atoms with Crippen molar-refractivity contribution in [2.24, 2.45) is 0 Å². The van der Waals surface area contributed by atoms with Crippen molar-refractivity contribution in [3.63, 3.8) is 0 Å². The topological polar surface area (TPSA) is 32.8 Å². The van der Waals surface area contributed by atoms with Gasteiger partial charge in [0.05, 0.1) is 18.8 Å². The molecule has 1 aromatic carbocycles. The molecule has 18 heavy (non-hydrogen) atoms. The van der Waals surface area contributed by atoms with Crippen molar-refractivity contribution in [2.45, 2.75) is 12.1 Å². The lowest BCUT2D eigenvalue weighted by molar-refractivity contribution is -0.0368. The van der Waals surface area contributed by atoms with Crippen molar-refractivity contribution in [2.75, 3.05) is 33.3 Å². The molecule has 2 aliphatic heterocycles. The summed E-state index contributed by atoms with van der Waals surface area (Å²) in [5, 5.41) is 0. The third-order valence-electron chi connectivity index (χ3n) is 3.89. The van der Waals surface area contributed by atoms with E-state index in [1.807, 2.05) is 35.2 Å². The highest BCUT2D eigenvalue weighted by Gasteiger charge is 2.40. The zero-order valence-electron chi connectivity index (χ0n) is 10.6. The largest absolute Gasteiger partial charge is 0.373 e. The van der Waals surface area contributed by atoms with Crippen LogP contribution < -0.4 is 0 Å². The van der Waals surface area contributed by atoms with E-state index < -0.39 is 0 Å². The predicted octanol–water partition coefficient (Wildman–Crippen LogP) is 0.842. The number of hydrogen-bond donors (Lipinski definition) is 0. The van der Waals surface area contributed by atoms with E-state index in [1.54, 1.807) is 0 Å². The fourth-order valence-electron chi connectivity index (χ4n) is 2.79. The Balaban J connectivity index is 1.74. The highest BCUT2D eigenvalue weighted by Crippen LogP contribution is 2.23. The lowest BCUT2D eigenvalue weighted by Crippen LogP contribution is -2.48. The quantitative estimate of drug-likeness (QED) is 0.736. The number of rotatable bonds is 1. The lowest BCUT2D eigenvalue weighted by atomic mass is 10.1. The first-order chi connectivity index (χ1) is 8.75. The molecule has 2 heterocycles. The van der Waals surface area contributed by atoms with Crippen LogP contribution in [-0.2, 0) is 4.74 Å². The van der Waals surface area contributed by atoms with Crippen molar-refractivity contribution >= 4 is 5.91 Å². The Hall–Kier alpha value is -1.39. The normalized spacial score (nSPS) is 28.2. The number of benzene rings is 1. The third kappa shape index (κ3) is 2.02. The SMILES string of the molecule is CN1CCO[C@H]2CN(C(=O)c3ccccc3)C[C@H]21. The van der Waals surface area contributed by atoms with Crippen LogP contribution in [-0.4, -0.2) is 61.1 Å². The van der Waals surface area contributed by atoms with Gasteiger partial charge in [-0.3, -0.25) is 9.69 Å². The maximum absolute atomic E-state index is 12.3. The molecule has 2 aliphatic rings. The molecule has 4 nitrogen and oxygen atoms in total. The van der Waals surface area contributed by atoms with Gasteiger partial charge in [-0.2, -0.15) is 0 Å². The summed E-state index contributed by atoms with van der Waals surface area (Å²) in [6.45, 7) is 3.21. The summed E-state index contributed by atoms with van der Waals surface area (Å²) in [6, 6.07) is 9.82. The minimum Gasteiger partial charge on any atom is -0.373 e. The van der Waals surface area contributed by atoms with Crippen molar-refractivity contribution < 1.29 is 9.53 Å². The van der Waals surface area contributed by atoms with Gasteiger partial charge in [-0.05, 0) is 19.2 Å². The van der Waals surface area contributed by atoms with Crippen molar-refractivity contribution in [3.8, 4) is 0 Å². The molecule has 0 aliphatic carbocycles. The third-order valence-corrected chi connectivity index (χ3v) is 3.89. The Labute approximate surface area is 107 Å². The number of likely N-dealkylation sites (N-methyl/N-ethyl adjacent to an activating group) is 1. The van der Waals surface area contributed by atoms with E-state index in [9.17, 15) is 4.79 Å². The van der Waals surface area contributed by atoms with Gasteiger partial charge in [0.15, 0.2) is 0 Å². The number of morpholine rings is 1. The van der Waals surface area contributed by atoms with Gasteiger partial charge in [0.2, 0.25) is 0 Å². The number of ether oxygens (including phenoxy) is 1. The number of nitrogens with zero attached hydrogens (tertiary/aromatic N) is 2. The van der Waals surface area contributed by atoms with Gasteiger partial charge in [0.25, 0.3) is 5.91 Å². The van der Waals surface area contributed by atoms with Crippen molar-refractivity contribution in [3.05, 3.63) is 35.9 Å². The van der Waals surface area contributed by atoms with Gasteiger partial charge in [-0.25, -0.2) is 0 Å². The average molecular weight is 246 g/mol. The summed E-state index contributed by atoms with van der Waals surface area (Å²) in [4.78, 5) is 16.6. The Morgan fingerprint density at radius 2 is 2.06 bits per heavy atom. The maximum Gasteiger partial charge on any atom is 0.253 e. The zero-order chi connectivity index (χ0) is 12.5. The standard InChI is InChI=1S/C14H18N2O2/c1-15-7-8-18-13-10-16(9-12(13)15)14(17)11-5-3-2-4-6-11/h2-6,12-13H,7-10H2,1H3/t12-,13+/m1/s1. The minimum absolute atomic E-state index is 0.113. The second-order valence-corrected chi connectivity index (χ2v) is 5.03. The number of amides is 1. The fourth-order valence-corrected chi connectivity index (χ4v) is 2.79. The minimum atomic E-state index is 0.113. The molecule has 0 bridgehead atoms. The Morgan fingerprint density at radius 1 is 1.28 bits per heavy atom. The van der Waals surface area contributed by atoms with Crippen LogP contribution in [0.5, 0.6) is 0 Å². The smallest absolute Gasteiger partial charge is 0.253 e. The fraction of sp³-hybridized carbons (Fsp3) is 0.500. The van der Waals surface area contributed by atoms with E-state index in [1.165, 1.54) is 0 Å². The van der Waals surface area contributed by atoms with Crippen LogP contribution in [0.1, 0.15) is 10.4 Å². The van der Waals surface area contributed by atoms with Gasteiger partial charge < -0.3 is 9.64 Å². The molecule has 2 saturated heterocycles. The monoisotopic (exact) mass is 246 g/mol. The van der Waals surface area contributed by atoms with E-state index in [-0.39, 0.29) is 12.0 Å². The summed E-state index contributed by atoms with van der Waals surface area (Å²) < 4.78 is 5.75. The molecule has 0 N–H and O–H groups in total. The molecule has 0 radical (unpaired) electrons. The summed E-state index contributed by atoms with van der Waals surface area (Å²) in [6.07, 6.45) is 0.177. The Bertz CT molecular complexity index is 435. The predicted molar refractivity (Wildman–Crippen MR) is 68.5 cm³/mol. The van der Waals surface area contributed by atoms with Gasteiger partial charge in [-0.1, -0.05) is 18.2 Å². The van der Waals surface area contributed by atoms with Crippen LogP contribution in [0.25, 0.3) is 0 Å². The number of carbonyl (C=O) groups is 1. The molecule has 2 atom stereocenters. The number of hydrogen-bond acceptors (Lipinski definition) is 3. The molecule has 0 saturated carbocycles. The molecule has 1 amide bonds. The highest BCUT2D eigenvalue weighted by atomic mass is 16.5. The Morgan fingerprint density at radius 3 is 2.78 bits per heavy atom. The van der Waals surface area contributed by atoms with Crippen LogP contribution in [0.2, 0.25) is 0 Å². The van der Waals surface area contributed by atoms with E-state index in [0.717, 1.165) is 25.3 Å². The molecule has 1 aromatic rings. The summed E-state index contributed by atoms with van der Waals surface area (Å²) in [7, 11) is 2.11. The van der Waals surface area contributed by atoms with Crippen LogP contribution >= 0.6 is 0 Å². The zero-order valence-corrected chi connectivity index (χ0v) is 10.6. The summed E-state index contributed by atoms with van der Waals surface area (Å²) >= 11 is 0. The lowest BCUT2D eigenvalue weighted by Gasteiger charge is -2.33. The second-order valence-electron chi connectivity index (χ2n) is 5.03. The van der Waals surface area contributed by atoms with E-state index in [2.05, 4.69) is 11.9 Å². The molecular weight excluding hydrogens is 228 g/mol. The summed E-state index contributed by atoms with van der Waals surface area (Å²) in [5.41, 5.74) is 0.763. The molecular formula is C14H18N2O2. The molecule has 2 fully saturated rings. The average Bonchev–Trinajstić information content (AvgIpc) is 2.84. The molecule has 0 aromatic heterocycles. The van der Waals surface area contributed by atoms with Gasteiger partial charge in [-0.15, -0.1) is 0 Å². The molecule has 4 heteroatoms. The van der Waals surface area contributed by atoms with E-state index in [0.29, 0.717) is 12.6 Å². The first-order valence-electron chi connectivity index (χ1n) is 6.42. The van der Waals surface area contributed by atoms with E-state index >= 15 is 0 Å². The highest BCUT2D eigenvalue weighted by molar-refractivity contribution is 5.94. The molecule has 0 spiro atoms. The number of fused-ring (bicyclic) bond motifs is 1. The summed E-state index contributed by atoms with van der Waals surface area (Å²) in [5.74, 6) is 0.113. The van der Waals surface area contributed by atoms with Crippen LogP contribution in [0.15, 0.2) is 30.3 Å². The van der Waals surface area contributed by atoms with Crippen LogP contribution in [0.4, 0.5) is 0 Å². The number of likely N-dealkylation sites (tertiary alicyclic amines) is 1. The molecule has 3 rings (SSSR count). The number of carbonyl (C=O) groups excluding carboxylic acids is 1. The van der Waals surface area contributed by atoms with Gasteiger partial charge in [0, 0.05) is 25.2 Å². The maximum atomic E-state index is 12.3. The first kappa shape index (κ1) is 11.7. The molecule has 0 unspecified atom stereocenters. The van der Waals surface area contributed by atoms with Gasteiger partial charge in [0.1, 0.15) is 0 Å². The second kappa shape index (κ2) is 4.71. The Kier molecular flexibility index (Phi) is 3.06. The molecule has 96 valence electrons. The van der Waals surface area contributed by atoms with Crippen molar-refractivity contribution in [1.29, 1.82) is 0 Å². The van der Waals surface area contributed by atoms with E-state index in [4.69, 9.17) is 4.74 Å². The van der Waals surface area contributed by atoms with Crippen LogP contribution in [0, 0.1) is 0 Å².